The molecule has 27 heavy (non-hydrogen) atoms. The monoisotopic (exact) mass is 366 g/mol. The van der Waals surface area contributed by atoms with Crippen LogP contribution in [0.3, 0.4) is 0 Å². The summed E-state index contributed by atoms with van der Waals surface area (Å²) < 4.78 is 0. The first kappa shape index (κ1) is 18.9. The summed E-state index contributed by atoms with van der Waals surface area (Å²) in [5.74, 6) is -0.219. The van der Waals surface area contributed by atoms with Gasteiger partial charge in [-0.2, -0.15) is 0 Å². The van der Waals surface area contributed by atoms with Gasteiger partial charge in [-0.1, -0.05) is 36.4 Å². The maximum absolute atomic E-state index is 12.7. The minimum Gasteiger partial charge on any atom is -0.352 e. The van der Waals surface area contributed by atoms with Crippen LogP contribution >= 0.6 is 0 Å². The SMILES string of the molecule is CCNC(=O)N1CC(C(=O)NCc2cccnc2)CCC1c1ccccc1. The third-order valence-corrected chi connectivity index (χ3v) is 4.92. The van der Waals surface area contributed by atoms with E-state index in [-0.39, 0.29) is 23.9 Å². The van der Waals surface area contributed by atoms with Gasteiger partial charge >= 0.3 is 6.03 Å². The zero-order valence-corrected chi connectivity index (χ0v) is 15.6. The van der Waals surface area contributed by atoms with Gasteiger partial charge in [0.25, 0.3) is 0 Å². The van der Waals surface area contributed by atoms with Crippen LogP contribution in [0.2, 0.25) is 0 Å². The molecule has 1 fully saturated rings. The van der Waals surface area contributed by atoms with E-state index in [4.69, 9.17) is 0 Å². The van der Waals surface area contributed by atoms with Crippen LogP contribution in [0.4, 0.5) is 4.79 Å². The highest BCUT2D eigenvalue weighted by molar-refractivity contribution is 5.81. The van der Waals surface area contributed by atoms with Crippen molar-refractivity contribution in [3.8, 4) is 0 Å². The molecule has 1 aromatic carbocycles. The zero-order valence-electron chi connectivity index (χ0n) is 15.6. The molecule has 2 heterocycles. The number of urea groups is 1. The lowest BCUT2D eigenvalue weighted by Crippen LogP contribution is -2.50. The van der Waals surface area contributed by atoms with Gasteiger partial charge in [0, 0.05) is 32.0 Å². The number of aromatic nitrogens is 1. The van der Waals surface area contributed by atoms with E-state index >= 15 is 0 Å². The molecular weight excluding hydrogens is 340 g/mol. The summed E-state index contributed by atoms with van der Waals surface area (Å²) >= 11 is 0. The molecule has 2 unspecified atom stereocenters. The van der Waals surface area contributed by atoms with Crippen molar-refractivity contribution < 1.29 is 9.59 Å². The van der Waals surface area contributed by atoms with Crippen LogP contribution in [-0.4, -0.2) is 34.9 Å². The third-order valence-electron chi connectivity index (χ3n) is 4.92. The lowest BCUT2D eigenvalue weighted by atomic mass is 9.88. The molecule has 2 N–H and O–H groups in total. The number of carbonyl (C=O) groups is 2. The van der Waals surface area contributed by atoms with Crippen LogP contribution in [0.5, 0.6) is 0 Å². The van der Waals surface area contributed by atoms with Crippen LogP contribution < -0.4 is 10.6 Å². The Morgan fingerprint density at radius 2 is 1.93 bits per heavy atom. The topological polar surface area (TPSA) is 74.3 Å². The van der Waals surface area contributed by atoms with Gasteiger partial charge in [-0.25, -0.2) is 4.79 Å². The van der Waals surface area contributed by atoms with E-state index < -0.39 is 0 Å². The Kier molecular flexibility index (Phi) is 6.41. The fourth-order valence-corrected chi connectivity index (χ4v) is 3.52. The maximum atomic E-state index is 12.7. The Bertz CT molecular complexity index is 751. The normalized spacial score (nSPS) is 19.4. The molecule has 1 aliphatic rings. The second-order valence-electron chi connectivity index (χ2n) is 6.77. The number of hydrogen-bond acceptors (Lipinski definition) is 3. The van der Waals surface area contributed by atoms with Gasteiger partial charge < -0.3 is 15.5 Å². The quantitative estimate of drug-likeness (QED) is 0.854. The first-order valence-corrected chi connectivity index (χ1v) is 9.45. The first-order chi connectivity index (χ1) is 13.2. The molecule has 0 aliphatic carbocycles. The number of benzene rings is 1. The molecule has 6 nitrogen and oxygen atoms in total. The van der Waals surface area contributed by atoms with Crippen molar-refractivity contribution in [3.05, 3.63) is 66.0 Å². The number of carbonyl (C=O) groups excluding carboxylic acids is 2. The molecule has 1 aliphatic heterocycles. The fourth-order valence-electron chi connectivity index (χ4n) is 3.52. The number of pyridine rings is 1. The number of nitrogens with zero attached hydrogens (tertiary/aromatic N) is 2. The van der Waals surface area contributed by atoms with Crippen molar-refractivity contribution in [2.45, 2.75) is 32.4 Å². The average molecular weight is 366 g/mol. The molecule has 0 bridgehead atoms. The summed E-state index contributed by atoms with van der Waals surface area (Å²) in [4.78, 5) is 31.1. The summed E-state index contributed by atoms with van der Waals surface area (Å²) in [6.45, 7) is 3.34. The molecule has 3 rings (SSSR count). The molecule has 1 saturated heterocycles. The Morgan fingerprint density at radius 1 is 1.11 bits per heavy atom. The number of nitrogens with one attached hydrogen (secondary N) is 2. The first-order valence-electron chi connectivity index (χ1n) is 9.45. The predicted octanol–water partition coefficient (Wildman–Crippen LogP) is 2.88. The lowest BCUT2D eigenvalue weighted by molar-refractivity contribution is -0.126. The minimum atomic E-state index is -0.204. The van der Waals surface area contributed by atoms with Gasteiger partial charge in [-0.15, -0.1) is 0 Å². The Hall–Kier alpha value is -2.89. The molecule has 0 saturated carbocycles. The summed E-state index contributed by atoms with van der Waals surface area (Å²) in [7, 11) is 0. The van der Waals surface area contributed by atoms with Gasteiger partial charge in [-0.05, 0) is 37.0 Å². The molecular formula is C21H26N4O2. The second kappa shape index (κ2) is 9.16. The second-order valence-corrected chi connectivity index (χ2v) is 6.77. The summed E-state index contributed by atoms with van der Waals surface area (Å²) in [5.41, 5.74) is 2.07. The number of rotatable bonds is 5. The average Bonchev–Trinajstić information content (AvgIpc) is 2.73. The fraction of sp³-hybridized carbons (Fsp3) is 0.381. The van der Waals surface area contributed by atoms with Gasteiger partial charge in [0.05, 0.1) is 12.0 Å². The van der Waals surface area contributed by atoms with Crippen LogP contribution in [-0.2, 0) is 11.3 Å². The maximum Gasteiger partial charge on any atom is 0.317 e. The Labute approximate surface area is 160 Å². The van der Waals surface area contributed by atoms with Gasteiger partial charge in [-0.3, -0.25) is 9.78 Å². The highest BCUT2D eigenvalue weighted by Gasteiger charge is 2.35. The number of likely N-dealkylation sites (tertiary alicyclic amines) is 1. The zero-order chi connectivity index (χ0) is 19.1. The van der Waals surface area contributed by atoms with Crippen molar-refractivity contribution in [2.75, 3.05) is 13.1 Å². The van der Waals surface area contributed by atoms with Crippen molar-refractivity contribution in [1.82, 2.24) is 20.5 Å². The van der Waals surface area contributed by atoms with E-state index in [9.17, 15) is 9.59 Å². The number of piperidine rings is 1. The highest BCUT2D eigenvalue weighted by Crippen LogP contribution is 2.33. The summed E-state index contributed by atoms with van der Waals surface area (Å²) in [6, 6.07) is 13.7. The molecule has 0 radical (unpaired) electrons. The molecule has 2 aromatic rings. The van der Waals surface area contributed by atoms with Gasteiger partial charge in [0.2, 0.25) is 5.91 Å². The molecule has 2 atom stereocenters. The van der Waals surface area contributed by atoms with Crippen LogP contribution in [0, 0.1) is 5.92 Å². The lowest BCUT2D eigenvalue weighted by Gasteiger charge is -2.39. The van der Waals surface area contributed by atoms with E-state index in [0.29, 0.717) is 19.6 Å². The molecule has 3 amide bonds. The minimum absolute atomic E-state index is 0.000114. The smallest absolute Gasteiger partial charge is 0.317 e. The highest BCUT2D eigenvalue weighted by atomic mass is 16.2. The molecule has 0 spiro atoms. The van der Waals surface area contributed by atoms with E-state index in [0.717, 1.165) is 24.0 Å². The van der Waals surface area contributed by atoms with Crippen LogP contribution in [0.25, 0.3) is 0 Å². The van der Waals surface area contributed by atoms with Crippen molar-refractivity contribution in [3.63, 3.8) is 0 Å². The van der Waals surface area contributed by atoms with Gasteiger partial charge in [0.15, 0.2) is 0 Å². The van der Waals surface area contributed by atoms with Crippen molar-refractivity contribution >= 4 is 11.9 Å². The molecule has 142 valence electrons. The van der Waals surface area contributed by atoms with Crippen LogP contribution in [0.15, 0.2) is 54.9 Å². The summed E-state index contributed by atoms with van der Waals surface area (Å²) in [5, 5.41) is 5.86. The number of amides is 3. The third kappa shape index (κ3) is 4.84. The van der Waals surface area contributed by atoms with E-state index in [2.05, 4.69) is 15.6 Å². The Balaban J connectivity index is 1.67. The largest absolute Gasteiger partial charge is 0.352 e. The molecule has 1 aromatic heterocycles. The van der Waals surface area contributed by atoms with Crippen molar-refractivity contribution in [2.24, 2.45) is 5.92 Å². The van der Waals surface area contributed by atoms with Gasteiger partial charge in [0.1, 0.15) is 0 Å². The van der Waals surface area contributed by atoms with E-state index in [1.165, 1.54) is 0 Å². The van der Waals surface area contributed by atoms with E-state index in [1.807, 2.05) is 49.4 Å². The standard InChI is InChI=1S/C21H26N4O2/c1-2-23-21(27)25-15-18(10-11-19(25)17-8-4-3-5-9-17)20(26)24-14-16-7-6-12-22-13-16/h3-9,12-13,18-19H,2,10-11,14-15H2,1H3,(H,23,27)(H,24,26). The van der Waals surface area contributed by atoms with E-state index in [1.54, 1.807) is 17.3 Å². The predicted molar refractivity (Wildman–Crippen MR) is 104 cm³/mol. The number of hydrogen-bond donors (Lipinski definition) is 2. The summed E-state index contributed by atoms with van der Waals surface area (Å²) in [6.07, 6.45) is 4.98. The Morgan fingerprint density at radius 3 is 2.63 bits per heavy atom. The molecule has 6 heteroatoms. The van der Waals surface area contributed by atoms with Crippen molar-refractivity contribution in [1.29, 1.82) is 0 Å². The van der Waals surface area contributed by atoms with Crippen LogP contribution in [0.1, 0.15) is 36.9 Å².